The van der Waals surface area contributed by atoms with Gasteiger partial charge >= 0.3 is 6.18 Å². The van der Waals surface area contributed by atoms with Crippen LogP contribution >= 0.6 is 31.9 Å². The summed E-state index contributed by atoms with van der Waals surface area (Å²) in [5.41, 5.74) is 0.261. The van der Waals surface area contributed by atoms with Crippen molar-refractivity contribution < 1.29 is 13.2 Å². The number of alkyl halides is 4. The molecule has 0 saturated heterocycles. The van der Waals surface area contributed by atoms with Crippen molar-refractivity contribution in [2.45, 2.75) is 31.3 Å². The fourth-order valence-electron chi connectivity index (χ4n) is 1.33. The van der Waals surface area contributed by atoms with Crippen LogP contribution in [0.25, 0.3) is 0 Å². The first-order chi connectivity index (χ1) is 7.71. The van der Waals surface area contributed by atoms with Crippen LogP contribution in [-0.2, 0) is 12.6 Å². The minimum absolute atomic E-state index is 0.260. The second-order valence-corrected chi connectivity index (χ2v) is 6.30. The van der Waals surface area contributed by atoms with Crippen LogP contribution in [0.3, 0.4) is 0 Å². The van der Waals surface area contributed by atoms with E-state index in [2.05, 4.69) is 45.7 Å². The van der Waals surface area contributed by atoms with Gasteiger partial charge in [0.25, 0.3) is 0 Å². The van der Waals surface area contributed by atoms with Crippen LogP contribution in [0.15, 0.2) is 22.7 Å². The van der Waals surface area contributed by atoms with E-state index in [1.807, 2.05) is 0 Å². The Morgan fingerprint density at radius 3 is 2.24 bits per heavy atom. The Kier molecular flexibility index (Phi) is 5.07. The summed E-state index contributed by atoms with van der Waals surface area (Å²) in [4.78, 5) is 0.260. The summed E-state index contributed by atoms with van der Waals surface area (Å²) in [6.07, 6.45) is -3.58. The summed E-state index contributed by atoms with van der Waals surface area (Å²) < 4.78 is 37.9. The molecule has 0 aliphatic rings. The Balaban J connectivity index is 2.91. The third-order valence-corrected chi connectivity index (χ3v) is 4.64. The molecule has 0 bridgehead atoms. The molecule has 0 aliphatic heterocycles. The van der Waals surface area contributed by atoms with Crippen LogP contribution in [0, 0.1) is 5.92 Å². The highest BCUT2D eigenvalue weighted by Crippen LogP contribution is 2.33. The molecule has 0 radical (unpaired) electrons. The Bertz CT molecular complexity index is 386. The van der Waals surface area contributed by atoms with Gasteiger partial charge in [0.05, 0.1) is 5.56 Å². The van der Waals surface area contributed by atoms with E-state index in [0.717, 1.165) is 17.7 Å². The van der Waals surface area contributed by atoms with Crippen LogP contribution in [0.2, 0.25) is 0 Å². The van der Waals surface area contributed by atoms with Gasteiger partial charge in [0, 0.05) is 9.30 Å². The quantitative estimate of drug-likeness (QED) is 0.619. The number of benzene rings is 1. The maximum atomic E-state index is 12.5. The molecule has 1 aromatic rings. The largest absolute Gasteiger partial charge is 0.416 e. The topological polar surface area (TPSA) is 0 Å². The molecule has 1 aromatic carbocycles. The average Bonchev–Trinajstić information content (AvgIpc) is 2.19. The normalized spacial score (nSPS) is 14.1. The van der Waals surface area contributed by atoms with Crippen molar-refractivity contribution in [2.75, 3.05) is 0 Å². The lowest BCUT2D eigenvalue weighted by Crippen LogP contribution is -2.11. The number of halogens is 5. The Morgan fingerprint density at radius 2 is 1.82 bits per heavy atom. The van der Waals surface area contributed by atoms with Crippen LogP contribution in [0.5, 0.6) is 0 Å². The number of hydrogen-bond donors (Lipinski definition) is 0. The molecule has 0 spiro atoms. The number of rotatable bonds is 3. The van der Waals surface area contributed by atoms with E-state index in [4.69, 9.17) is 0 Å². The molecule has 1 rings (SSSR count). The van der Waals surface area contributed by atoms with Gasteiger partial charge in [0.1, 0.15) is 0 Å². The zero-order valence-electron chi connectivity index (χ0n) is 9.48. The molecule has 5 heteroatoms. The molecule has 0 aromatic heterocycles. The van der Waals surface area contributed by atoms with E-state index in [1.165, 1.54) is 6.07 Å². The molecule has 1 unspecified atom stereocenters. The van der Waals surface area contributed by atoms with Crippen molar-refractivity contribution >= 4 is 31.9 Å². The summed E-state index contributed by atoms with van der Waals surface area (Å²) in [6.45, 7) is 4.13. The second-order valence-electron chi connectivity index (χ2n) is 4.27. The van der Waals surface area contributed by atoms with Crippen molar-refractivity contribution in [1.29, 1.82) is 0 Å². The van der Waals surface area contributed by atoms with E-state index >= 15 is 0 Å². The SMILES string of the molecule is CC(C)C(Br)Cc1ccc(C(F)(F)F)cc1Br. The molecule has 0 aliphatic carbocycles. The van der Waals surface area contributed by atoms with Gasteiger partial charge in [-0.25, -0.2) is 0 Å². The van der Waals surface area contributed by atoms with Crippen molar-refractivity contribution in [2.24, 2.45) is 5.92 Å². The minimum atomic E-state index is -4.28. The Labute approximate surface area is 116 Å². The highest BCUT2D eigenvalue weighted by molar-refractivity contribution is 9.10. The molecule has 0 heterocycles. The van der Waals surface area contributed by atoms with E-state index < -0.39 is 11.7 Å². The maximum Gasteiger partial charge on any atom is 0.416 e. The Morgan fingerprint density at radius 1 is 1.24 bits per heavy atom. The van der Waals surface area contributed by atoms with E-state index in [-0.39, 0.29) is 4.83 Å². The van der Waals surface area contributed by atoms with Gasteiger partial charge in [-0.05, 0) is 30.0 Å². The van der Waals surface area contributed by atoms with Crippen LogP contribution in [-0.4, -0.2) is 4.83 Å². The maximum absolute atomic E-state index is 12.5. The minimum Gasteiger partial charge on any atom is -0.166 e. The zero-order chi connectivity index (χ0) is 13.2. The molecule has 0 N–H and O–H groups in total. The fourth-order valence-corrected chi connectivity index (χ4v) is 2.22. The monoisotopic (exact) mass is 372 g/mol. The van der Waals surface area contributed by atoms with Gasteiger partial charge in [-0.2, -0.15) is 13.2 Å². The van der Waals surface area contributed by atoms with E-state index in [1.54, 1.807) is 0 Å². The smallest absolute Gasteiger partial charge is 0.166 e. The average molecular weight is 374 g/mol. The van der Waals surface area contributed by atoms with Gasteiger partial charge < -0.3 is 0 Å². The molecule has 17 heavy (non-hydrogen) atoms. The standard InChI is InChI=1S/C12H13Br2F3/c1-7(2)10(13)5-8-3-4-9(6-11(8)14)12(15,16)17/h3-4,6-7,10H,5H2,1-2H3. The molecule has 0 fully saturated rings. The second kappa shape index (κ2) is 5.74. The van der Waals surface area contributed by atoms with Gasteiger partial charge in [-0.3, -0.25) is 0 Å². The molecule has 0 nitrogen and oxygen atoms in total. The lowest BCUT2D eigenvalue weighted by atomic mass is 10.0. The Hall–Kier alpha value is -0.0300. The molecular weight excluding hydrogens is 361 g/mol. The third kappa shape index (κ3) is 4.28. The summed E-state index contributed by atoms with van der Waals surface area (Å²) in [5, 5.41) is 0. The predicted octanol–water partition coefficient (Wildman–Crippen LogP) is 5.43. The molecule has 1 atom stereocenters. The van der Waals surface area contributed by atoms with Crippen molar-refractivity contribution in [3.05, 3.63) is 33.8 Å². The van der Waals surface area contributed by atoms with Gasteiger partial charge in [-0.1, -0.05) is 51.8 Å². The number of hydrogen-bond acceptors (Lipinski definition) is 0. The van der Waals surface area contributed by atoms with Gasteiger partial charge in [0.15, 0.2) is 0 Å². The predicted molar refractivity (Wildman–Crippen MR) is 70.4 cm³/mol. The van der Waals surface area contributed by atoms with Crippen molar-refractivity contribution in [3.63, 3.8) is 0 Å². The molecule has 96 valence electrons. The first-order valence-corrected chi connectivity index (χ1v) is 6.92. The zero-order valence-corrected chi connectivity index (χ0v) is 12.7. The summed E-state index contributed by atoms with van der Waals surface area (Å²) in [5.74, 6) is 0.434. The third-order valence-electron chi connectivity index (χ3n) is 2.52. The van der Waals surface area contributed by atoms with Crippen LogP contribution in [0.4, 0.5) is 13.2 Å². The first kappa shape index (κ1) is 15.0. The van der Waals surface area contributed by atoms with Gasteiger partial charge in [-0.15, -0.1) is 0 Å². The van der Waals surface area contributed by atoms with E-state index in [9.17, 15) is 13.2 Å². The summed E-state index contributed by atoms with van der Waals surface area (Å²) in [6, 6.07) is 3.79. The lowest BCUT2D eigenvalue weighted by Gasteiger charge is -2.15. The lowest BCUT2D eigenvalue weighted by molar-refractivity contribution is -0.137. The highest BCUT2D eigenvalue weighted by Gasteiger charge is 2.30. The molecule has 0 amide bonds. The highest BCUT2D eigenvalue weighted by atomic mass is 79.9. The van der Waals surface area contributed by atoms with Gasteiger partial charge in [0.2, 0.25) is 0 Å². The summed E-state index contributed by atoms with van der Waals surface area (Å²) >= 11 is 6.72. The van der Waals surface area contributed by atoms with Crippen LogP contribution in [0.1, 0.15) is 25.0 Å². The molecular formula is C12H13Br2F3. The van der Waals surface area contributed by atoms with Crippen LogP contribution < -0.4 is 0 Å². The summed E-state index contributed by atoms with van der Waals surface area (Å²) in [7, 11) is 0. The molecule has 0 saturated carbocycles. The van der Waals surface area contributed by atoms with E-state index in [0.29, 0.717) is 16.8 Å². The first-order valence-electron chi connectivity index (χ1n) is 5.21. The fraction of sp³-hybridized carbons (Fsp3) is 0.500. The van der Waals surface area contributed by atoms with Crippen molar-refractivity contribution in [3.8, 4) is 0 Å². The van der Waals surface area contributed by atoms with Crippen molar-refractivity contribution in [1.82, 2.24) is 0 Å².